The summed E-state index contributed by atoms with van der Waals surface area (Å²) in [5, 5.41) is 4.43. The van der Waals surface area contributed by atoms with Crippen LogP contribution in [0.15, 0.2) is 40.3 Å². The van der Waals surface area contributed by atoms with Crippen molar-refractivity contribution in [3.05, 3.63) is 58.3 Å². The normalized spacial score (nSPS) is 14.0. The third kappa shape index (κ3) is 4.74. The monoisotopic (exact) mass is 338 g/mol. The minimum absolute atomic E-state index is 0.219. The third-order valence-electron chi connectivity index (χ3n) is 3.37. The van der Waals surface area contributed by atoms with Gasteiger partial charge < -0.3 is 4.52 Å². The number of aryl methyl sites for hydroxylation is 2. The van der Waals surface area contributed by atoms with Crippen LogP contribution in [0.2, 0.25) is 0 Å². The smallest absolute Gasteiger partial charge is 0.236 e. The van der Waals surface area contributed by atoms with Crippen LogP contribution in [0.25, 0.3) is 5.83 Å². The van der Waals surface area contributed by atoms with E-state index in [1.165, 1.54) is 12.1 Å². The lowest BCUT2D eigenvalue weighted by Crippen LogP contribution is -2.33. The Kier molecular flexibility index (Phi) is 5.33. The maximum atomic E-state index is 14.0. The van der Waals surface area contributed by atoms with Gasteiger partial charge in [-0.1, -0.05) is 35.5 Å². The Hall–Kier alpha value is -1.99. The second-order valence-corrected chi connectivity index (χ2v) is 6.96. The first-order valence-electron chi connectivity index (χ1n) is 7.15. The molecule has 5 nitrogen and oxygen atoms in total. The second-order valence-electron chi connectivity index (χ2n) is 5.40. The molecule has 0 fully saturated rings. The quantitative estimate of drug-likeness (QED) is 0.878. The Labute approximate surface area is 135 Å². The maximum absolute atomic E-state index is 14.0. The van der Waals surface area contributed by atoms with Crippen LogP contribution in [-0.4, -0.2) is 19.6 Å². The van der Waals surface area contributed by atoms with E-state index in [2.05, 4.69) is 9.88 Å². The average molecular weight is 338 g/mol. The molecule has 0 bridgehead atoms. The van der Waals surface area contributed by atoms with Crippen LogP contribution in [0.5, 0.6) is 0 Å². The molecular weight excluding hydrogens is 319 g/mol. The van der Waals surface area contributed by atoms with Crippen LogP contribution < -0.4 is 4.72 Å². The van der Waals surface area contributed by atoms with Gasteiger partial charge in [0.15, 0.2) is 0 Å². The molecular formula is C16H19FN2O3S. The summed E-state index contributed by atoms with van der Waals surface area (Å²) in [5.41, 5.74) is 1.79. The van der Waals surface area contributed by atoms with Crippen molar-refractivity contribution in [2.75, 3.05) is 0 Å². The number of rotatable bonds is 6. The Balaban J connectivity index is 2.09. The van der Waals surface area contributed by atoms with Crippen LogP contribution in [0, 0.1) is 13.8 Å². The molecule has 23 heavy (non-hydrogen) atoms. The zero-order valence-electron chi connectivity index (χ0n) is 13.2. The molecule has 0 aliphatic carbocycles. The lowest BCUT2D eigenvalue weighted by atomic mass is 10.1. The molecule has 2 rings (SSSR count). The molecule has 1 aromatic carbocycles. The highest BCUT2D eigenvalue weighted by atomic mass is 32.2. The number of aromatic nitrogens is 1. The molecule has 1 aromatic heterocycles. The highest BCUT2D eigenvalue weighted by Gasteiger charge is 2.18. The number of halogens is 1. The summed E-state index contributed by atoms with van der Waals surface area (Å²) in [4.78, 5) is 0. The van der Waals surface area contributed by atoms with Crippen molar-refractivity contribution in [1.29, 1.82) is 0 Å². The van der Waals surface area contributed by atoms with E-state index >= 15 is 0 Å². The fourth-order valence-electron chi connectivity index (χ4n) is 2.26. The first-order chi connectivity index (χ1) is 10.8. The van der Waals surface area contributed by atoms with Crippen LogP contribution in [0.4, 0.5) is 4.39 Å². The lowest BCUT2D eigenvalue weighted by molar-refractivity contribution is 0.392. The summed E-state index contributed by atoms with van der Waals surface area (Å²) in [5.74, 6) is -0.151. The number of hydrogen-bond donors (Lipinski definition) is 1. The Morgan fingerprint density at radius 2 is 2.00 bits per heavy atom. The minimum atomic E-state index is -3.90. The zero-order chi connectivity index (χ0) is 17.0. The standard InChI is InChI=1S/C16H19FN2O3S/c1-11(9-15-12(2)18-22-13(15)3)19-23(20,21)10-16(17)14-7-5-4-6-8-14/h4-8,10-11,19H,9H2,1-3H3. The van der Waals surface area contributed by atoms with Crippen molar-refractivity contribution in [2.24, 2.45) is 0 Å². The molecule has 124 valence electrons. The summed E-state index contributed by atoms with van der Waals surface area (Å²) < 4.78 is 45.6. The maximum Gasteiger partial charge on any atom is 0.236 e. The van der Waals surface area contributed by atoms with E-state index in [9.17, 15) is 12.8 Å². The summed E-state index contributed by atoms with van der Waals surface area (Å²) >= 11 is 0. The first-order valence-corrected chi connectivity index (χ1v) is 8.70. The summed E-state index contributed by atoms with van der Waals surface area (Å²) in [6.07, 6.45) is 0.418. The van der Waals surface area contributed by atoms with Crippen molar-refractivity contribution in [3.8, 4) is 0 Å². The van der Waals surface area contributed by atoms with Gasteiger partial charge >= 0.3 is 0 Å². The number of nitrogens with zero attached hydrogens (tertiary/aromatic N) is 1. The molecule has 0 radical (unpaired) electrons. The Morgan fingerprint density at radius 1 is 1.35 bits per heavy atom. The number of nitrogens with one attached hydrogen (secondary N) is 1. The van der Waals surface area contributed by atoms with E-state index in [0.29, 0.717) is 17.6 Å². The number of sulfonamides is 1. The molecule has 1 heterocycles. The topological polar surface area (TPSA) is 72.2 Å². The Bertz CT molecular complexity index is 778. The van der Waals surface area contributed by atoms with Gasteiger partial charge in [-0.2, -0.15) is 0 Å². The van der Waals surface area contributed by atoms with E-state index < -0.39 is 21.9 Å². The van der Waals surface area contributed by atoms with Crippen LogP contribution in [-0.2, 0) is 16.4 Å². The summed E-state index contributed by atoms with van der Waals surface area (Å²) in [6.45, 7) is 5.27. The molecule has 0 aliphatic heterocycles. The lowest BCUT2D eigenvalue weighted by Gasteiger charge is -2.12. The second kappa shape index (κ2) is 7.06. The molecule has 2 aromatic rings. The minimum Gasteiger partial charge on any atom is -0.361 e. The molecule has 1 unspecified atom stereocenters. The largest absolute Gasteiger partial charge is 0.361 e. The van der Waals surface area contributed by atoms with E-state index in [0.717, 1.165) is 11.3 Å². The molecule has 7 heteroatoms. The van der Waals surface area contributed by atoms with Gasteiger partial charge in [0.25, 0.3) is 0 Å². The van der Waals surface area contributed by atoms with Gasteiger partial charge in [-0.3, -0.25) is 0 Å². The van der Waals surface area contributed by atoms with Gasteiger partial charge in [-0.25, -0.2) is 17.5 Å². The van der Waals surface area contributed by atoms with Gasteiger partial charge in [0.2, 0.25) is 10.0 Å². The van der Waals surface area contributed by atoms with Crippen molar-refractivity contribution in [3.63, 3.8) is 0 Å². The van der Waals surface area contributed by atoms with Crippen molar-refractivity contribution in [2.45, 2.75) is 33.2 Å². The van der Waals surface area contributed by atoms with Crippen molar-refractivity contribution < 1.29 is 17.3 Å². The predicted molar refractivity (Wildman–Crippen MR) is 86.7 cm³/mol. The summed E-state index contributed by atoms with van der Waals surface area (Å²) in [7, 11) is -3.90. The Morgan fingerprint density at radius 3 is 2.57 bits per heavy atom. The fraction of sp³-hybridized carbons (Fsp3) is 0.312. The van der Waals surface area contributed by atoms with Gasteiger partial charge in [0, 0.05) is 17.2 Å². The van der Waals surface area contributed by atoms with Crippen LogP contribution >= 0.6 is 0 Å². The number of benzene rings is 1. The van der Waals surface area contributed by atoms with Crippen LogP contribution in [0.3, 0.4) is 0 Å². The molecule has 1 atom stereocenters. The summed E-state index contributed by atoms with van der Waals surface area (Å²) in [6, 6.07) is 7.61. The van der Waals surface area contributed by atoms with Crippen molar-refractivity contribution >= 4 is 15.9 Å². The molecule has 1 N–H and O–H groups in total. The fourth-order valence-corrected chi connectivity index (χ4v) is 3.38. The van der Waals surface area contributed by atoms with E-state index in [4.69, 9.17) is 4.52 Å². The molecule has 0 spiro atoms. The molecule has 0 amide bonds. The highest BCUT2D eigenvalue weighted by molar-refractivity contribution is 7.92. The van der Waals surface area contributed by atoms with Gasteiger partial charge in [-0.05, 0) is 27.2 Å². The van der Waals surface area contributed by atoms with Crippen LogP contribution in [0.1, 0.15) is 29.5 Å². The van der Waals surface area contributed by atoms with E-state index in [1.54, 1.807) is 39.0 Å². The average Bonchev–Trinajstić information content (AvgIpc) is 2.79. The highest BCUT2D eigenvalue weighted by Crippen LogP contribution is 2.18. The predicted octanol–water partition coefficient (Wildman–Crippen LogP) is 3.11. The first kappa shape index (κ1) is 17.4. The number of hydrogen-bond acceptors (Lipinski definition) is 4. The SMILES string of the molecule is Cc1noc(C)c1CC(C)NS(=O)(=O)C=C(F)c1ccccc1. The molecule has 0 saturated carbocycles. The molecule has 0 aliphatic rings. The van der Waals surface area contributed by atoms with E-state index in [-0.39, 0.29) is 5.56 Å². The zero-order valence-corrected chi connectivity index (χ0v) is 14.0. The van der Waals surface area contributed by atoms with Gasteiger partial charge in [0.1, 0.15) is 11.6 Å². The van der Waals surface area contributed by atoms with Crippen molar-refractivity contribution in [1.82, 2.24) is 9.88 Å². The van der Waals surface area contributed by atoms with Gasteiger partial charge in [-0.15, -0.1) is 0 Å². The third-order valence-corrected chi connectivity index (χ3v) is 4.61. The van der Waals surface area contributed by atoms with E-state index in [1.807, 2.05) is 0 Å². The van der Waals surface area contributed by atoms with Gasteiger partial charge in [0.05, 0.1) is 11.1 Å². The molecule has 0 saturated heterocycles.